The highest BCUT2D eigenvalue weighted by atomic mass is 127. The number of nitrogens with one attached hydrogen (secondary N) is 1. The second-order valence-corrected chi connectivity index (χ2v) is 4.59. The van der Waals surface area contributed by atoms with E-state index in [9.17, 15) is 0 Å². The van der Waals surface area contributed by atoms with Crippen molar-refractivity contribution in [1.29, 1.82) is 0 Å². The van der Waals surface area contributed by atoms with Crippen molar-refractivity contribution < 1.29 is 0 Å². The van der Waals surface area contributed by atoms with Gasteiger partial charge in [-0.3, -0.25) is 0 Å². The molecular weight excluding hydrogens is 313 g/mol. The van der Waals surface area contributed by atoms with Crippen molar-refractivity contribution in [2.24, 2.45) is 0 Å². The molecule has 2 aromatic rings. The number of anilines is 2. The van der Waals surface area contributed by atoms with Crippen molar-refractivity contribution in [2.75, 3.05) is 11.1 Å². The molecule has 0 saturated carbocycles. The lowest BCUT2D eigenvalue weighted by Gasteiger charge is -2.06. The summed E-state index contributed by atoms with van der Waals surface area (Å²) < 4.78 is 0.975. The Morgan fingerprint density at radius 3 is 2.69 bits per heavy atom. The van der Waals surface area contributed by atoms with Crippen molar-refractivity contribution in [3.05, 3.63) is 51.7 Å². The van der Waals surface area contributed by atoms with E-state index in [-0.39, 0.29) is 0 Å². The first kappa shape index (κ1) is 11.2. The molecule has 0 unspecified atom stereocenters. The summed E-state index contributed by atoms with van der Waals surface area (Å²) in [5, 5.41) is 3.23. The Morgan fingerprint density at radius 2 is 2.00 bits per heavy atom. The lowest BCUT2D eigenvalue weighted by atomic mass is 10.2. The van der Waals surface area contributed by atoms with Crippen LogP contribution in [0.5, 0.6) is 0 Å². The zero-order valence-electron chi connectivity index (χ0n) is 8.65. The number of halogens is 1. The van der Waals surface area contributed by atoms with Gasteiger partial charge in [-0.15, -0.1) is 0 Å². The third-order valence-electron chi connectivity index (χ3n) is 2.20. The van der Waals surface area contributed by atoms with Gasteiger partial charge in [0.2, 0.25) is 0 Å². The average molecular weight is 325 g/mol. The Kier molecular flexibility index (Phi) is 3.61. The average Bonchev–Trinajstić information content (AvgIpc) is 2.32. The number of hydrogen-bond donors (Lipinski definition) is 2. The van der Waals surface area contributed by atoms with E-state index in [1.807, 2.05) is 24.3 Å². The topological polar surface area (TPSA) is 50.9 Å². The predicted molar refractivity (Wildman–Crippen MR) is 75.1 cm³/mol. The van der Waals surface area contributed by atoms with E-state index in [2.05, 4.69) is 45.0 Å². The highest BCUT2D eigenvalue weighted by Gasteiger charge is 1.99. The number of hydrogen-bond acceptors (Lipinski definition) is 3. The summed E-state index contributed by atoms with van der Waals surface area (Å²) in [4.78, 5) is 4.26. The maximum atomic E-state index is 5.80. The van der Waals surface area contributed by atoms with E-state index in [0.29, 0.717) is 0 Å². The van der Waals surface area contributed by atoms with Gasteiger partial charge in [-0.2, -0.15) is 0 Å². The fourth-order valence-electron chi connectivity index (χ4n) is 1.34. The van der Waals surface area contributed by atoms with Gasteiger partial charge in [0.1, 0.15) is 5.82 Å². The molecule has 0 aliphatic rings. The van der Waals surface area contributed by atoms with Crippen LogP contribution in [-0.2, 0) is 6.54 Å². The number of pyridine rings is 1. The van der Waals surface area contributed by atoms with E-state index in [0.717, 1.165) is 21.6 Å². The Labute approximate surface area is 108 Å². The second-order valence-electron chi connectivity index (χ2n) is 3.43. The van der Waals surface area contributed by atoms with E-state index in [4.69, 9.17) is 5.73 Å². The van der Waals surface area contributed by atoms with Gasteiger partial charge in [0.25, 0.3) is 0 Å². The second kappa shape index (κ2) is 5.16. The van der Waals surface area contributed by atoms with Gasteiger partial charge in [-0.25, -0.2) is 4.98 Å². The van der Waals surface area contributed by atoms with Gasteiger partial charge in [-0.05, 0) is 28.2 Å². The lowest BCUT2D eigenvalue weighted by molar-refractivity contribution is 1.11. The summed E-state index contributed by atoms with van der Waals surface area (Å²) in [6.45, 7) is 0.758. The number of rotatable bonds is 3. The standard InChI is InChI=1S/C12H12IN3/c13-10-8-16-12(6-11(10)14)15-7-9-4-2-1-3-5-9/h1-6,8H,7H2,(H3,14,15,16). The Hall–Kier alpha value is -1.30. The van der Waals surface area contributed by atoms with Crippen molar-refractivity contribution >= 4 is 34.1 Å². The van der Waals surface area contributed by atoms with Crippen LogP contribution < -0.4 is 11.1 Å². The van der Waals surface area contributed by atoms with Crippen LogP contribution in [0.3, 0.4) is 0 Å². The summed E-state index contributed by atoms with van der Waals surface area (Å²) in [5.41, 5.74) is 7.78. The van der Waals surface area contributed by atoms with Crippen LogP contribution in [0.25, 0.3) is 0 Å². The highest BCUT2D eigenvalue weighted by Crippen LogP contribution is 2.17. The van der Waals surface area contributed by atoms with Crippen molar-refractivity contribution in [1.82, 2.24) is 4.98 Å². The molecule has 3 nitrogen and oxygen atoms in total. The minimum absolute atomic E-state index is 0.756. The molecule has 1 aromatic carbocycles. The predicted octanol–water partition coefficient (Wildman–Crippen LogP) is 2.88. The highest BCUT2D eigenvalue weighted by molar-refractivity contribution is 14.1. The fourth-order valence-corrected chi connectivity index (χ4v) is 1.63. The number of nitrogens with zero attached hydrogens (tertiary/aromatic N) is 1. The molecule has 3 N–H and O–H groups in total. The molecule has 1 aromatic heterocycles. The van der Waals surface area contributed by atoms with Crippen LogP contribution in [-0.4, -0.2) is 4.98 Å². The SMILES string of the molecule is Nc1cc(NCc2ccccc2)ncc1I. The minimum atomic E-state index is 0.756. The molecule has 0 aliphatic heterocycles. The van der Waals surface area contributed by atoms with Crippen LogP contribution in [0.15, 0.2) is 42.6 Å². The van der Waals surface area contributed by atoms with E-state index in [1.165, 1.54) is 5.56 Å². The largest absolute Gasteiger partial charge is 0.398 e. The third kappa shape index (κ3) is 2.85. The van der Waals surface area contributed by atoms with Gasteiger partial charge < -0.3 is 11.1 Å². The van der Waals surface area contributed by atoms with Crippen LogP contribution in [0.4, 0.5) is 11.5 Å². The first-order chi connectivity index (χ1) is 7.75. The third-order valence-corrected chi connectivity index (χ3v) is 3.10. The van der Waals surface area contributed by atoms with Gasteiger partial charge in [0, 0.05) is 18.8 Å². The molecule has 0 saturated heterocycles. The Balaban J connectivity index is 2.03. The van der Waals surface area contributed by atoms with Crippen LogP contribution in [0, 0.1) is 3.57 Å². The molecule has 0 radical (unpaired) electrons. The summed E-state index contributed by atoms with van der Waals surface area (Å²) >= 11 is 2.17. The minimum Gasteiger partial charge on any atom is -0.398 e. The maximum Gasteiger partial charge on any atom is 0.128 e. The normalized spacial score (nSPS) is 10.1. The molecule has 0 fully saturated rings. The molecule has 4 heteroatoms. The maximum absolute atomic E-state index is 5.80. The molecular formula is C12H12IN3. The van der Waals surface area contributed by atoms with E-state index in [1.54, 1.807) is 6.20 Å². The molecule has 0 amide bonds. The van der Waals surface area contributed by atoms with Gasteiger partial charge >= 0.3 is 0 Å². The number of benzene rings is 1. The van der Waals surface area contributed by atoms with Crippen molar-refractivity contribution in [3.63, 3.8) is 0 Å². The van der Waals surface area contributed by atoms with Gasteiger partial charge in [-0.1, -0.05) is 30.3 Å². The number of nitrogens with two attached hydrogens (primary N) is 1. The van der Waals surface area contributed by atoms with Crippen LogP contribution >= 0.6 is 22.6 Å². The molecule has 0 bridgehead atoms. The number of nitrogen functional groups attached to an aromatic ring is 1. The van der Waals surface area contributed by atoms with Crippen LogP contribution in [0.1, 0.15) is 5.56 Å². The summed E-state index contributed by atoms with van der Waals surface area (Å²) in [6.07, 6.45) is 1.77. The summed E-state index contributed by atoms with van der Waals surface area (Å²) in [6, 6.07) is 12.0. The summed E-state index contributed by atoms with van der Waals surface area (Å²) in [7, 11) is 0. The molecule has 82 valence electrons. The zero-order chi connectivity index (χ0) is 11.4. The van der Waals surface area contributed by atoms with Crippen molar-refractivity contribution in [3.8, 4) is 0 Å². The molecule has 16 heavy (non-hydrogen) atoms. The first-order valence-corrected chi connectivity index (χ1v) is 6.02. The monoisotopic (exact) mass is 325 g/mol. The lowest BCUT2D eigenvalue weighted by Crippen LogP contribution is -2.02. The number of aromatic nitrogens is 1. The molecule has 0 atom stereocenters. The Morgan fingerprint density at radius 1 is 1.25 bits per heavy atom. The molecule has 2 rings (SSSR count). The first-order valence-electron chi connectivity index (χ1n) is 4.94. The van der Waals surface area contributed by atoms with Crippen LogP contribution in [0.2, 0.25) is 0 Å². The van der Waals surface area contributed by atoms with Crippen molar-refractivity contribution in [2.45, 2.75) is 6.54 Å². The quantitative estimate of drug-likeness (QED) is 0.853. The Bertz CT molecular complexity index is 471. The van der Waals surface area contributed by atoms with E-state index < -0.39 is 0 Å². The summed E-state index contributed by atoms with van der Waals surface area (Å²) in [5.74, 6) is 0.807. The molecule has 0 spiro atoms. The van der Waals surface area contributed by atoms with E-state index >= 15 is 0 Å². The fraction of sp³-hybridized carbons (Fsp3) is 0.0833. The molecule has 1 heterocycles. The van der Waals surface area contributed by atoms with Gasteiger partial charge in [0.15, 0.2) is 0 Å². The zero-order valence-corrected chi connectivity index (χ0v) is 10.8. The smallest absolute Gasteiger partial charge is 0.128 e. The van der Waals surface area contributed by atoms with Gasteiger partial charge in [0.05, 0.1) is 9.26 Å². The molecule has 0 aliphatic carbocycles.